The molecule has 0 radical (unpaired) electrons. The molecule has 2 N–H and O–H groups in total. The summed E-state index contributed by atoms with van der Waals surface area (Å²) in [5, 5.41) is 0. The van der Waals surface area contributed by atoms with Gasteiger partial charge in [-0.2, -0.15) is 0 Å². The predicted molar refractivity (Wildman–Crippen MR) is 138 cm³/mol. The second-order valence-corrected chi connectivity index (χ2v) is 11.4. The molecule has 0 spiro atoms. The zero-order valence-corrected chi connectivity index (χ0v) is 21.4. The molecule has 2 aliphatic rings. The van der Waals surface area contributed by atoms with Gasteiger partial charge in [-0.1, -0.05) is 39.8 Å². The lowest BCUT2D eigenvalue weighted by Crippen LogP contribution is -2.42. The lowest BCUT2D eigenvalue weighted by atomic mass is 9.96. The van der Waals surface area contributed by atoms with Crippen molar-refractivity contribution in [1.82, 2.24) is 19.6 Å². The number of nitrogens with two attached hydrogens (primary N) is 1. The molecule has 2 saturated heterocycles. The molecule has 2 aliphatic heterocycles. The van der Waals surface area contributed by atoms with Crippen LogP contribution >= 0.6 is 0 Å². The van der Waals surface area contributed by atoms with E-state index in [-0.39, 0.29) is 0 Å². The fourth-order valence-corrected chi connectivity index (χ4v) is 5.46. The Labute approximate surface area is 197 Å². The maximum Gasteiger partial charge on any atom is 0.0314 e. The topological polar surface area (TPSA) is 39.0 Å². The van der Waals surface area contributed by atoms with E-state index in [0.29, 0.717) is 11.3 Å². The zero-order valence-electron chi connectivity index (χ0n) is 21.4. The number of hydrogen-bond acceptors (Lipinski definition) is 5. The molecule has 3 atom stereocenters. The minimum atomic E-state index is 0.357. The summed E-state index contributed by atoms with van der Waals surface area (Å²) >= 11 is 0. The molecule has 0 aromatic heterocycles. The fraction of sp³-hybridized carbons (Fsp3) is 0.778. The molecule has 0 aliphatic carbocycles. The third-order valence-electron chi connectivity index (χ3n) is 7.04. The number of fused-ring (bicyclic) bond motifs is 4. The predicted octanol–water partition coefficient (Wildman–Crippen LogP) is 3.51. The highest BCUT2D eigenvalue weighted by molar-refractivity contribution is 5.39. The number of nitrogen functional groups attached to an aromatic ring is 1. The summed E-state index contributed by atoms with van der Waals surface area (Å²) in [5.41, 5.74) is 8.60. The summed E-state index contributed by atoms with van der Waals surface area (Å²) in [6.45, 7) is 23.9. The van der Waals surface area contributed by atoms with Gasteiger partial charge in [0.25, 0.3) is 0 Å². The number of hydrogen-bond donors (Lipinski definition) is 1. The van der Waals surface area contributed by atoms with E-state index in [4.69, 9.17) is 5.73 Å². The van der Waals surface area contributed by atoms with E-state index in [1.165, 1.54) is 96.9 Å². The molecule has 182 valence electrons. The summed E-state index contributed by atoms with van der Waals surface area (Å²) < 4.78 is 0. The van der Waals surface area contributed by atoms with E-state index < -0.39 is 0 Å². The number of likely N-dealkylation sites (N-methyl/N-ethyl adjacent to an activating group) is 1. The first-order valence-electron chi connectivity index (χ1n) is 13.0. The molecule has 5 nitrogen and oxygen atoms in total. The average molecular weight is 444 g/mol. The van der Waals surface area contributed by atoms with E-state index in [0.717, 1.165) is 12.1 Å². The van der Waals surface area contributed by atoms with Crippen LogP contribution in [0, 0.1) is 11.3 Å². The summed E-state index contributed by atoms with van der Waals surface area (Å²) in [6.07, 6.45) is 3.70. The van der Waals surface area contributed by atoms with Crippen molar-refractivity contribution in [3.05, 3.63) is 29.8 Å². The summed E-state index contributed by atoms with van der Waals surface area (Å²) in [4.78, 5) is 10.9. The largest absolute Gasteiger partial charge is 0.399 e. The second-order valence-electron chi connectivity index (χ2n) is 11.4. The molecule has 1 aromatic rings. The van der Waals surface area contributed by atoms with Gasteiger partial charge >= 0.3 is 0 Å². The molecule has 2 bridgehead atoms. The van der Waals surface area contributed by atoms with Crippen LogP contribution in [0.3, 0.4) is 0 Å². The van der Waals surface area contributed by atoms with Gasteiger partial charge in [-0.15, -0.1) is 0 Å². The van der Waals surface area contributed by atoms with Crippen molar-refractivity contribution in [2.45, 2.75) is 47.0 Å². The SMILES string of the molecule is CCN1CCCN2CCN(CC(C)(C)C)CCCN(CC1)CC(Cc1ccc(N)cc1)C2. The van der Waals surface area contributed by atoms with Crippen molar-refractivity contribution >= 4 is 5.69 Å². The van der Waals surface area contributed by atoms with Gasteiger partial charge in [0.15, 0.2) is 0 Å². The normalized spacial score (nSPS) is 27.7. The maximum absolute atomic E-state index is 5.95. The van der Waals surface area contributed by atoms with Crippen LogP contribution < -0.4 is 5.73 Å². The minimum Gasteiger partial charge on any atom is -0.399 e. The summed E-state index contributed by atoms with van der Waals surface area (Å²) in [5.74, 6) is 0.668. The van der Waals surface area contributed by atoms with Crippen LogP contribution in [0.1, 0.15) is 46.1 Å². The van der Waals surface area contributed by atoms with Gasteiger partial charge < -0.3 is 25.3 Å². The molecule has 2 fully saturated rings. The first-order chi connectivity index (χ1) is 15.3. The van der Waals surface area contributed by atoms with Gasteiger partial charge in [0.1, 0.15) is 0 Å². The Morgan fingerprint density at radius 3 is 1.91 bits per heavy atom. The Morgan fingerprint density at radius 2 is 1.34 bits per heavy atom. The number of nitrogens with zero attached hydrogens (tertiary/aromatic N) is 4. The van der Waals surface area contributed by atoms with Crippen LogP contribution in [0.4, 0.5) is 5.69 Å². The van der Waals surface area contributed by atoms with E-state index in [1.807, 2.05) is 0 Å². The number of anilines is 1. The minimum absolute atomic E-state index is 0.357. The number of benzene rings is 1. The Kier molecular flexibility index (Phi) is 9.84. The monoisotopic (exact) mass is 443 g/mol. The van der Waals surface area contributed by atoms with Crippen molar-refractivity contribution in [2.75, 3.05) is 84.3 Å². The highest BCUT2D eigenvalue weighted by Crippen LogP contribution is 2.19. The van der Waals surface area contributed by atoms with Crippen LogP contribution in [0.5, 0.6) is 0 Å². The maximum atomic E-state index is 5.95. The molecule has 3 rings (SSSR count). The first kappa shape index (κ1) is 25.5. The molecule has 1 aromatic carbocycles. The van der Waals surface area contributed by atoms with E-state index in [1.54, 1.807) is 0 Å². The third kappa shape index (κ3) is 9.01. The Morgan fingerprint density at radius 1 is 0.781 bits per heavy atom. The van der Waals surface area contributed by atoms with Crippen LogP contribution in [-0.2, 0) is 6.42 Å². The van der Waals surface area contributed by atoms with Crippen LogP contribution in [0.15, 0.2) is 24.3 Å². The van der Waals surface area contributed by atoms with E-state index in [2.05, 4.69) is 71.6 Å². The molecule has 5 heteroatoms. The third-order valence-corrected chi connectivity index (χ3v) is 7.04. The van der Waals surface area contributed by atoms with Crippen LogP contribution in [0.2, 0.25) is 0 Å². The molecule has 3 unspecified atom stereocenters. The van der Waals surface area contributed by atoms with E-state index in [9.17, 15) is 0 Å². The van der Waals surface area contributed by atoms with Gasteiger partial charge in [-0.3, -0.25) is 0 Å². The van der Waals surface area contributed by atoms with Crippen molar-refractivity contribution in [3.8, 4) is 0 Å². The fourth-order valence-electron chi connectivity index (χ4n) is 5.46. The van der Waals surface area contributed by atoms with Crippen LogP contribution in [-0.4, -0.2) is 98.1 Å². The summed E-state index contributed by atoms with van der Waals surface area (Å²) in [7, 11) is 0. The molecule has 0 amide bonds. The average Bonchev–Trinajstić information content (AvgIpc) is 2.79. The summed E-state index contributed by atoms with van der Waals surface area (Å²) in [6, 6.07) is 8.59. The highest BCUT2D eigenvalue weighted by atomic mass is 15.2. The molecular weight excluding hydrogens is 394 g/mol. The molecule has 0 saturated carbocycles. The lowest BCUT2D eigenvalue weighted by Gasteiger charge is -2.33. The van der Waals surface area contributed by atoms with Gasteiger partial charge in [-0.05, 0) is 81.0 Å². The quantitative estimate of drug-likeness (QED) is 0.721. The Bertz CT molecular complexity index is 653. The first-order valence-corrected chi connectivity index (χ1v) is 13.0. The van der Waals surface area contributed by atoms with Crippen molar-refractivity contribution in [1.29, 1.82) is 0 Å². The molecular formula is C27H49N5. The van der Waals surface area contributed by atoms with Crippen molar-refractivity contribution in [2.24, 2.45) is 11.3 Å². The van der Waals surface area contributed by atoms with Gasteiger partial charge in [0.2, 0.25) is 0 Å². The van der Waals surface area contributed by atoms with Crippen LogP contribution in [0.25, 0.3) is 0 Å². The standard InChI is InChI=1S/C27H49N5/c1-5-29-12-6-13-31-18-19-32(23-27(2,3)4)15-7-14-30(17-16-29)21-25(22-31)20-24-8-10-26(28)11-9-24/h8-11,25H,5-7,12-23,28H2,1-4H3. The molecule has 2 heterocycles. The Hall–Kier alpha value is -1.14. The zero-order chi connectivity index (χ0) is 23.0. The second kappa shape index (κ2) is 12.4. The highest BCUT2D eigenvalue weighted by Gasteiger charge is 2.24. The van der Waals surface area contributed by atoms with Crippen molar-refractivity contribution in [3.63, 3.8) is 0 Å². The lowest BCUT2D eigenvalue weighted by molar-refractivity contribution is 0.149. The number of rotatable bonds is 4. The van der Waals surface area contributed by atoms with Gasteiger partial charge in [0.05, 0.1) is 0 Å². The molecule has 32 heavy (non-hydrogen) atoms. The Balaban J connectivity index is 1.78. The van der Waals surface area contributed by atoms with Gasteiger partial charge in [-0.25, -0.2) is 0 Å². The van der Waals surface area contributed by atoms with E-state index >= 15 is 0 Å². The van der Waals surface area contributed by atoms with Gasteiger partial charge in [0, 0.05) is 51.5 Å². The van der Waals surface area contributed by atoms with Crippen molar-refractivity contribution < 1.29 is 0 Å². The smallest absolute Gasteiger partial charge is 0.0314 e.